The number of nitrogens with one attached hydrogen (secondary N) is 1. The summed E-state index contributed by atoms with van der Waals surface area (Å²) in [5.41, 5.74) is 1.51. The van der Waals surface area contributed by atoms with Crippen LogP contribution in [-0.4, -0.2) is 37.2 Å². The molecule has 0 saturated heterocycles. The molecule has 0 fully saturated rings. The molecule has 1 heterocycles. The van der Waals surface area contributed by atoms with Gasteiger partial charge in [-0.1, -0.05) is 26.0 Å². The fourth-order valence-electron chi connectivity index (χ4n) is 1.82. The number of aromatic nitrogens is 1. The Hall–Kier alpha value is -1.77. The zero-order chi connectivity index (χ0) is 17.0. The molecule has 23 heavy (non-hydrogen) atoms. The zero-order valence-electron chi connectivity index (χ0n) is 13.2. The minimum absolute atomic E-state index is 0.0880. The van der Waals surface area contributed by atoms with Crippen LogP contribution in [0.3, 0.4) is 0 Å². The van der Waals surface area contributed by atoms with Crippen LogP contribution in [0.4, 0.5) is 5.13 Å². The second-order valence-corrected chi connectivity index (χ2v) is 7.79. The highest BCUT2D eigenvalue weighted by atomic mass is 32.2. The van der Waals surface area contributed by atoms with Crippen LogP contribution in [0.25, 0.3) is 11.3 Å². The van der Waals surface area contributed by atoms with Gasteiger partial charge in [0.05, 0.1) is 10.6 Å². The number of nitrogens with zero attached hydrogens (tertiary/aromatic N) is 2. The minimum Gasteiger partial charge on any atom is -0.302 e. The molecule has 8 heteroatoms. The molecule has 0 unspecified atom stereocenters. The van der Waals surface area contributed by atoms with Gasteiger partial charge < -0.3 is 5.32 Å². The molecule has 0 aliphatic rings. The van der Waals surface area contributed by atoms with E-state index in [4.69, 9.17) is 0 Å². The first kappa shape index (κ1) is 17.6. The van der Waals surface area contributed by atoms with E-state index in [-0.39, 0.29) is 10.8 Å². The summed E-state index contributed by atoms with van der Waals surface area (Å²) in [7, 11) is -1.90. The lowest BCUT2D eigenvalue weighted by molar-refractivity contribution is -0.115. The molecule has 1 aromatic carbocycles. The molecule has 124 valence electrons. The van der Waals surface area contributed by atoms with Crippen LogP contribution >= 0.6 is 11.3 Å². The van der Waals surface area contributed by atoms with Gasteiger partial charge in [-0.3, -0.25) is 4.79 Å². The van der Waals surface area contributed by atoms with Crippen LogP contribution in [0.5, 0.6) is 0 Å². The number of thiazole rings is 1. The molecular formula is C15H19N3O3S2. The van der Waals surface area contributed by atoms with Crippen molar-refractivity contribution in [1.82, 2.24) is 9.29 Å². The Balaban J connectivity index is 2.22. The molecule has 2 rings (SSSR count). The highest BCUT2D eigenvalue weighted by Gasteiger charge is 2.19. The summed E-state index contributed by atoms with van der Waals surface area (Å²) in [6.07, 6.45) is 0.395. The predicted octanol–water partition coefficient (Wildman–Crippen LogP) is 2.80. The largest absolute Gasteiger partial charge is 0.302 e. The fourth-order valence-corrected chi connectivity index (χ4v) is 3.73. The predicted molar refractivity (Wildman–Crippen MR) is 92.0 cm³/mol. The normalized spacial score (nSPS) is 11.7. The number of hydrogen-bond acceptors (Lipinski definition) is 5. The number of rotatable bonds is 6. The molecule has 1 aromatic heterocycles. The molecule has 0 spiro atoms. The van der Waals surface area contributed by atoms with Crippen LogP contribution in [0.1, 0.15) is 20.3 Å². The van der Waals surface area contributed by atoms with Gasteiger partial charge in [-0.15, -0.1) is 11.3 Å². The van der Waals surface area contributed by atoms with Crippen LogP contribution in [0.2, 0.25) is 0 Å². The maximum absolute atomic E-state index is 12.2. The number of hydrogen-bond donors (Lipinski definition) is 1. The van der Waals surface area contributed by atoms with Gasteiger partial charge in [0.15, 0.2) is 5.13 Å². The van der Waals surface area contributed by atoms with Crippen molar-refractivity contribution in [3.05, 3.63) is 29.6 Å². The summed E-state index contributed by atoms with van der Waals surface area (Å²) < 4.78 is 25.8. The Morgan fingerprint density at radius 1 is 1.26 bits per heavy atom. The molecule has 0 atom stereocenters. The molecule has 0 bridgehead atoms. The first-order valence-electron chi connectivity index (χ1n) is 7.20. The third kappa shape index (κ3) is 3.95. The van der Waals surface area contributed by atoms with E-state index in [2.05, 4.69) is 10.3 Å². The lowest BCUT2D eigenvalue weighted by Crippen LogP contribution is -2.26. The van der Waals surface area contributed by atoms with Crippen LogP contribution in [-0.2, 0) is 14.8 Å². The third-order valence-electron chi connectivity index (χ3n) is 3.38. The van der Waals surface area contributed by atoms with Gasteiger partial charge in [0, 0.05) is 31.0 Å². The fraction of sp³-hybridized carbons (Fsp3) is 0.333. The standard InChI is InChI=1S/C15H19N3O3S2/c1-4-14(19)17-15-16-13(10-22-15)11-6-8-12(9-7-11)23(20,21)18(3)5-2/h6-10H,4-5H2,1-3H3,(H,16,17,19). The van der Waals surface area contributed by atoms with Crippen molar-refractivity contribution in [2.24, 2.45) is 0 Å². The van der Waals surface area contributed by atoms with Crippen LogP contribution in [0, 0.1) is 0 Å². The van der Waals surface area contributed by atoms with Gasteiger partial charge in [0.25, 0.3) is 0 Å². The quantitative estimate of drug-likeness (QED) is 0.866. The summed E-state index contributed by atoms with van der Waals surface area (Å²) in [4.78, 5) is 15.9. The molecular weight excluding hydrogens is 334 g/mol. The van der Waals surface area contributed by atoms with Crippen molar-refractivity contribution in [3.8, 4) is 11.3 Å². The smallest absolute Gasteiger partial charge is 0.242 e. The summed E-state index contributed by atoms with van der Waals surface area (Å²) in [6, 6.07) is 6.58. The Kier molecular flexibility index (Phi) is 5.51. The average molecular weight is 353 g/mol. The van der Waals surface area contributed by atoms with Crippen molar-refractivity contribution < 1.29 is 13.2 Å². The van der Waals surface area contributed by atoms with E-state index >= 15 is 0 Å². The number of amides is 1. The lowest BCUT2D eigenvalue weighted by atomic mass is 10.2. The minimum atomic E-state index is -3.44. The molecule has 0 saturated carbocycles. The van der Waals surface area contributed by atoms with Gasteiger partial charge >= 0.3 is 0 Å². The van der Waals surface area contributed by atoms with Crippen molar-refractivity contribution >= 4 is 32.4 Å². The average Bonchev–Trinajstić information content (AvgIpc) is 3.02. The molecule has 1 amide bonds. The summed E-state index contributed by atoms with van der Waals surface area (Å²) >= 11 is 1.34. The molecule has 0 aliphatic heterocycles. The van der Waals surface area contributed by atoms with E-state index in [1.54, 1.807) is 45.2 Å². The second-order valence-electron chi connectivity index (χ2n) is 4.88. The Bertz CT molecular complexity index is 783. The van der Waals surface area contributed by atoms with Crippen molar-refractivity contribution in [1.29, 1.82) is 0 Å². The number of anilines is 1. The number of carbonyl (C=O) groups is 1. The molecule has 0 aliphatic carbocycles. The van der Waals surface area contributed by atoms with Gasteiger partial charge in [0.1, 0.15) is 0 Å². The highest BCUT2D eigenvalue weighted by molar-refractivity contribution is 7.89. The first-order chi connectivity index (χ1) is 10.9. The third-order valence-corrected chi connectivity index (χ3v) is 6.08. The summed E-state index contributed by atoms with van der Waals surface area (Å²) in [5.74, 6) is -0.0880. The number of benzene rings is 1. The van der Waals surface area contributed by atoms with Gasteiger partial charge in [-0.25, -0.2) is 17.7 Å². The van der Waals surface area contributed by atoms with Crippen molar-refractivity contribution in [2.45, 2.75) is 25.2 Å². The van der Waals surface area contributed by atoms with Crippen LogP contribution in [0.15, 0.2) is 34.5 Å². The van der Waals surface area contributed by atoms with Crippen molar-refractivity contribution in [3.63, 3.8) is 0 Å². The molecule has 0 radical (unpaired) electrons. The number of carbonyl (C=O) groups excluding carboxylic acids is 1. The van der Waals surface area contributed by atoms with Gasteiger partial charge in [-0.2, -0.15) is 0 Å². The molecule has 1 N–H and O–H groups in total. The Morgan fingerprint density at radius 3 is 2.48 bits per heavy atom. The summed E-state index contributed by atoms with van der Waals surface area (Å²) in [6.45, 7) is 3.97. The number of sulfonamides is 1. The van der Waals surface area contributed by atoms with Gasteiger partial charge in [-0.05, 0) is 12.1 Å². The SMILES string of the molecule is CCC(=O)Nc1nc(-c2ccc(S(=O)(=O)N(C)CC)cc2)cs1. The van der Waals surface area contributed by atoms with E-state index in [0.717, 1.165) is 5.56 Å². The van der Waals surface area contributed by atoms with E-state index in [1.165, 1.54) is 15.6 Å². The molecule has 6 nitrogen and oxygen atoms in total. The zero-order valence-corrected chi connectivity index (χ0v) is 14.9. The first-order valence-corrected chi connectivity index (χ1v) is 9.52. The van der Waals surface area contributed by atoms with Gasteiger partial charge in [0.2, 0.25) is 15.9 Å². The lowest BCUT2D eigenvalue weighted by Gasteiger charge is -2.14. The Morgan fingerprint density at radius 2 is 1.91 bits per heavy atom. The second kappa shape index (κ2) is 7.20. The topological polar surface area (TPSA) is 79.4 Å². The molecule has 2 aromatic rings. The monoisotopic (exact) mass is 353 g/mol. The van der Waals surface area contributed by atoms with Crippen LogP contribution < -0.4 is 5.32 Å². The van der Waals surface area contributed by atoms with E-state index in [0.29, 0.717) is 23.8 Å². The maximum Gasteiger partial charge on any atom is 0.242 e. The van der Waals surface area contributed by atoms with E-state index in [9.17, 15) is 13.2 Å². The van der Waals surface area contributed by atoms with Crippen molar-refractivity contribution in [2.75, 3.05) is 18.9 Å². The highest BCUT2D eigenvalue weighted by Crippen LogP contribution is 2.26. The summed E-state index contributed by atoms with van der Waals surface area (Å²) in [5, 5.41) is 5.07. The Labute approximate surface area is 140 Å². The van der Waals surface area contributed by atoms with E-state index < -0.39 is 10.0 Å². The maximum atomic E-state index is 12.2. The van der Waals surface area contributed by atoms with E-state index in [1.807, 2.05) is 5.38 Å².